The van der Waals surface area contributed by atoms with Gasteiger partial charge in [0, 0.05) is 39.2 Å². The van der Waals surface area contributed by atoms with Crippen molar-refractivity contribution in [3.05, 3.63) is 60.1 Å². The number of benzene rings is 1. The Labute approximate surface area is 149 Å². The smallest absolute Gasteiger partial charge is 0.193 e. The van der Waals surface area contributed by atoms with Gasteiger partial charge in [-0.3, -0.25) is 4.99 Å². The molecule has 0 bridgehead atoms. The minimum atomic E-state index is 0.534. The van der Waals surface area contributed by atoms with Crippen molar-refractivity contribution in [2.24, 2.45) is 4.99 Å². The molecule has 1 aliphatic rings. The number of nitrogens with one attached hydrogen (secondary N) is 1. The van der Waals surface area contributed by atoms with Crippen LogP contribution in [0.15, 0.2) is 58.1 Å². The summed E-state index contributed by atoms with van der Waals surface area (Å²) in [4.78, 5) is 6.78. The normalized spacial score (nSPS) is 17.9. The van der Waals surface area contributed by atoms with Crippen LogP contribution >= 0.6 is 0 Å². The zero-order valence-electron chi connectivity index (χ0n) is 14.9. The van der Waals surface area contributed by atoms with Crippen LogP contribution in [-0.4, -0.2) is 44.1 Å². The summed E-state index contributed by atoms with van der Waals surface area (Å²) in [7, 11) is 1.85. The zero-order valence-corrected chi connectivity index (χ0v) is 14.9. The first kappa shape index (κ1) is 17.5. The van der Waals surface area contributed by atoms with Gasteiger partial charge >= 0.3 is 0 Å². The highest BCUT2D eigenvalue weighted by Gasteiger charge is 2.25. The van der Waals surface area contributed by atoms with Gasteiger partial charge < -0.3 is 19.4 Å². The van der Waals surface area contributed by atoms with Crippen LogP contribution in [0.25, 0.3) is 0 Å². The van der Waals surface area contributed by atoms with Crippen LogP contribution in [0.4, 0.5) is 0 Å². The molecule has 5 nitrogen and oxygen atoms in total. The molecule has 0 radical (unpaired) electrons. The van der Waals surface area contributed by atoms with Crippen LogP contribution in [0, 0.1) is 0 Å². The van der Waals surface area contributed by atoms with Crippen LogP contribution in [0.5, 0.6) is 0 Å². The molecule has 0 spiro atoms. The number of hydrogen-bond acceptors (Lipinski definition) is 3. The molecule has 1 N–H and O–H groups in total. The van der Waals surface area contributed by atoms with Gasteiger partial charge in [-0.2, -0.15) is 0 Å². The topological polar surface area (TPSA) is 50.0 Å². The van der Waals surface area contributed by atoms with Crippen molar-refractivity contribution in [1.29, 1.82) is 0 Å². The maximum atomic E-state index is 5.61. The van der Waals surface area contributed by atoms with Gasteiger partial charge in [0.1, 0.15) is 12.4 Å². The number of nitrogens with zero attached hydrogens (tertiary/aromatic N) is 2. The molecule has 1 aromatic carbocycles. The minimum absolute atomic E-state index is 0.534. The maximum Gasteiger partial charge on any atom is 0.193 e. The van der Waals surface area contributed by atoms with Gasteiger partial charge in [-0.05, 0) is 30.5 Å². The van der Waals surface area contributed by atoms with E-state index in [1.54, 1.807) is 6.26 Å². The molecule has 25 heavy (non-hydrogen) atoms. The quantitative estimate of drug-likeness (QED) is 0.477. The molecular formula is C20H27N3O2. The summed E-state index contributed by atoms with van der Waals surface area (Å²) in [5.41, 5.74) is 1.42. The van der Waals surface area contributed by atoms with Crippen molar-refractivity contribution in [2.45, 2.75) is 25.4 Å². The molecular weight excluding hydrogens is 314 g/mol. The molecule has 1 unspecified atom stereocenters. The first-order valence-corrected chi connectivity index (χ1v) is 8.97. The van der Waals surface area contributed by atoms with Crippen molar-refractivity contribution in [1.82, 2.24) is 10.2 Å². The summed E-state index contributed by atoms with van der Waals surface area (Å²) in [6.07, 6.45) is 3.79. The summed E-state index contributed by atoms with van der Waals surface area (Å²) in [5, 5.41) is 3.45. The number of hydrogen-bond donors (Lipinski definition) is 1. The predicted octanol–water partition coefficient (Wildman–Crippen LogP) is 3.25. The van der Waals surface area contributed by atoms with E-state index >= 15 is 0 Å². The summed E-state index contributed by atoms with van der Waals surface area (Å²) in [5.74, 6) is 2.45. The van der Waals surface area contributed by atoms with Gasteiger partial charge in [0.25, 0.3) is 0 Å². The van der Waals surface area contributed by atoms with Crippen LogP contribution < -0.4 is 5.32 Å². The van der Waals surface area contributed by atoms with E-state index in [0.717, 1.165) is 37.8 Å². The van der Waals surface area contributed by atoms with E-state index in [2.05, 4.69) is 45.5 Å². The Morgan fingerprint density at radius 2 is 2.16 bits per heavy atom. The fraction of sp³-hybridized carbons (Fsp3) is 0.450. The van der Waals surface area contributed by atoms with E-state index in [9.17, 15) is 0 Å². The van der Waals surface area contributed by atoms with Crippen LogP contribution in [0.1, 0.15) is 30.1 Å². The second kappa shape index (κ2) is 9.28. The summed E-state index contributed by atoms with van der Waals surface area (Å²) in [6, 6.07) is 14.6. The zero-order chi connectivity index (χ0) is 17.3. The van der Waals surface area contributed by atoms with Gasteiger partial charge in [-0.25, -0.2) is 0 Å². The molecule has 2 aromatic rings. The lowest BCUT2D eigenvalue weighted by Gasteiger charge is -2.21. The number of guanidine groups is 1. The van der Waals surface area contributed by atoms with Gasteiger partial charge in [0.05, 0.1) is 6.26 Å². The highest BCUT2D eigenvalue weighted by molar-refractivity contribution is 5.80. The summed E-state index contributed by atoms with van der Waals surface area (Å²) in [6.45, 7) is 4.17. The Balaban J connectivity index is 1.35. The van der Waals surface area contributed by atoms with E-state index < -0.39 is 0 Å². The third kappa shape index (κ3) is 5.10. The lowest BCUT2D eigenvalue weighted by atomic mass is 9.99. The van der Waals surface area contributed by atoms with Crippen molar-refractivity contribution >= 4 is 5.96 Å². The predicted molar refractivity (Wildman–Crippen MR) is 99.7 cm³/mol. The van der Waals surface area contributed by atoms with Crippen LogP contribution in [-0.2, 0) is 11.3 Å². The fourth-order valence-electron chi connectivity index (χ4n) is 3.22. The highest BCUT2D eigenvalue weighted by Crippen LogP contribution is 2.26. The standard InChI is InChI=1S/C20H27N3O2/c1-21-20(22-11-6-13-24-16-19-9-5-14-25-19)23-12-10-18(15-23)17-7-3-2-4-8-17/h2-5,7-9,14,18H,6,10-13,15-16H2,1H3,(H,21,22). The molecule has 1 aromatic heterocycles. The van der Waals surface area contributed by atoms with Gasteiger partial charge in [-0.15, -0.1) is 0 Å². The maximum absolute atomic E-state index is 5.61. The minimum Gasteiger partial charge on any atom is -0.467 e. The lowest BCUT2D eigenvalue weighted by molar-refractivity contribution is 0.104. The second-order valence-electron chi connectivity index (χ2n) is 6.30. The Kier molecular flexibility index (Phi) is 6.51. The largest absolute Gasteiger partial charge is 0.467 e. The molecule has 1 atom stereocenters. The molecule has 1 aliphatic heterocycles. The molecule has 0 saturated carbocycles. The Hall–Kier alpha value is -2.27. The molecule has 3 rings (SSSR count). The first-order valence-electron chi connectivity index (χ1n) is 8.97. The van der Waals surface area contributed by atoms with Crippen molar-refractivity contribution in [3.63, 3.8) is 0 Å². The number of rotatable bonds is 7. The van der Waals surface area contributed by atoms with E-state index in [4.69, 9.17) is 9.15 Å². The summed E-state index contributed by atoms with van der Waals surface area (Å²) >= 11 is 0. The molecule has 1 fully saturated rings. The SMILES string of the molecule is CN=C(NCCCOCc1ccco1)N1CCC(c2ccccc2)C1. The average molecular weight is 341 g/mol. The van der Waals surface area contributed by atoms with E-state index in [1.165, 1.54) is 12.0 Å². The lowest BCUT2D eigenvalue weighted by Crippen LogP contribution is -2.40. The molecule has 2 heterocycles. The van der Waals surface area contributed by atoms with Gasteiger partial charge in [-0.1, -0.05) is 30.3 Å². The van der Waals surface area contributed by atoms with E-state index in [1.807, 2.05) is 19.2 Å². The van der Waals surface area contributed by atoms with Crippen LogP contribution in [0.2, 0.25) is 0 Å². The molecule has 1 saturated heterocycles. The number of likely N-dealkylation sites (tertiary alicyclic amines) is 1. The first-order chi connectivity index (χ1) is 12.4. The number of furan rings is 1. The van der Waals surface area contributed by atoms with Crippen molar-refractivity contribution in [2.75, 3.05) is 33.3 Å². The Morgan fingerprint density at radius 3 is 2.92 bits per heavy atom. The van der Waals surface area contributed by atoms with Gasteiger partial charge in [0.15, 0.2) is 5.96 Å². The van der Waals surface area contributed by atoms with E-state index in [0.29, 0.717) is 19.1 Å². The second-order valence-corrected chi connectivity index (χ2v) is 6.30. The molecule has 0 amide bonds. The Morgan fingerprint density at radius 1 is 1.28 bits per heavy atom. The third-order valence-electron chi connectivity index (χ3n) is 4.54. The number of aliphatic imine (C=N–C) groups is 1. The molecule has 134 valence electrons. The van der Waals surface area contributed by atoms with Crippen molar-refractivity contribution < 1.29 is 9.15 Å². The third-order valence-corrected chi connectivity index (χ3v) is 4.54. The van der Waals surface area contributed by atoms with Crippen molar-refractivity contribution in [3.8, 4) is 0 Å². The molecule has 5 heteroatoms. The monoisotopic (exact) mass is 341 g/mol. The number of ether oxygens (including phenoxy) is 1. The fourth-order valence-corrected chi connectivity index (χ4v) is 3.22. The highest BCUT2D eigenvalue weighted by atomic mass is 16.5. The van der Waals surface area contributed by atoms with Crippen LogP contribution in [0.3, 0.4) is 0 Å². The summed E-state index contributed by atoms with van der Waals surface area (Å²) < 4.78 is 10.8. The molecule has 0 aliphatic carbocycles. The van der Waals surface area contributed by atoms with Gasteiger partial charge in [0.2, 0.25) is 0 Å². The average Bonchev–Trinajstić information content (AvgIpc) is 3.34. The Bertz CT molecular complexity index is 640. The van der Waals surface area contributed by atoms with E-state index in [-0.39, 0.29) is 0 Å².